The lowest BCUT2D eigenvalue weighted by atomic mass is 10.0. The van der Waals surface area contributed by atoms with Crippen molar-refractivity contribution in [3.8, 4) is 0 Å². The number of hydrogen-bond donors (Lipinski definition) is 0. The predicted octanol–water partition coefficient (Wildman–Crippen LogP) is 2.00. The third-order valence-corrected chi connectivity index (χ3v) is 5.11. The van der Waals surface area contributed by atoms with Gasteiger partial charge in [0.1, 0.15) is 5.69 Å². The summed E-state index contributed by atoms with van der Waals surface area (Å²) in [6.45, 7) is 5.52. The molecule has 1 atom stereocenters. The monoisotopic (exact) mass is 328 g/mol. The average Bonchev–Trinajstić information content (AvgIpc) is 2.45. The van der Waals surface area contributed by atoms with Crippen LogP contribution in [0.15, 0.2) is 23.1 Å². The molecule has 8 heteroatoms. The van der Waals surface area contributed by atoms with Crippen molar-refractivity contribution in [2.24, 2.45) is 0 Å². The molecule has 1 aromatic rings. The van der Waals surface area contributed by atoms with Gasteiger partial charge in [0.05, 0.1) is 22.0 Å². The minimum Gasteiger partial charge on any atom is -0.372 e. The summed E-state index contributed by atoms with van der Waals surface area (Å²) in [4.78, 5) is 12.6. The van der Waals surface area contributed by atoms with Gasteiger partial charge < -0.3 is 9.64 Å². The van der Waals surface area contributed by atoms with Gasteiger partial charge in [0.25, 0.3) is 5.69 Å². The SMILES string of the molecule is CCC1(C)CN(c2ccc(S(C)(=O)=O)cc2[N+](=O)[O-])CCO1. The van der Waals surface area contributed by atoms with Gasteiger partial charge in [-0.2, -0.15) is 0 Å². The lowest BCUT2D eigenvalue weighted by Crippen LogP contribution is -2.50. The van der Waals surface area contributed by atoms with Crippen molar-refractivity contribution in [3.63, 3.8) is 0 Å². The van der Waals surface area contributed by atoms with Crippen molar-refractivity contribution in [2.45, 2.75) is 30.8 Å². The van der Waals surface area contributed by atoms with Gasteiger partial charge in [-0.1, -0.05) is 6.92 Å². The van der Waals surface area contributed by atoms with Crippen LogP contribution in [0.5, 0.6) is 0 Å². The van der Waals surface area contributed by atoms with E-state index in [1.165, 1.54) is 12.1 Å². The first-order chi connectivity index (χ1) is 10.2. The lowest BCUT2D eigenvalue weighted by Gasteiger charge is -2.41. The zero-order chi connectivity index (χ0) is 16.5. The summed E-state index contributed by atoms with van der Waals surface area (Å²) in [5.41, 5.74) is -0.120. The van der Waals surface area contributed by atoms with Crippen LogP contribution >= 0.6 is 0 Å². The Morgan fingerprint density at radius 2 is 2.14 bits per heavy atom. The summed E-state index contributed by atoms with van der Waals surface area (Å²) in [6.07, 6.45) is 1.83. The summed E-state index contributed by atoms with van der Waals surface area (Å²) in [5.74, 6) is 0. The molecular weight excluding hydrogens is 308 g/mol. The molecule has 1 aromatic carbocycles. The van der Waals surface area contributed by atoms with Gasteiger partial charge in [0.2, 0.25) is 0 Å². The van der Waals surface area contributed by atoms with E-state index in [2.05, 4.69) is 0 Å². The maximum Gasteiger partial charge on any atom is 0.293 e. The molecule has 0 aliphatic carbocycles. The molecule has 122 valence electrons. The highest BCUT2D eigenvalue weighted by atomic mass is 32.2. The number of nitrogens with zero attached hydrogens (tertiary/aromatic N) is 2. The van der Waals surface area contributed by atoms with Crippen LogP contribution in [0.2, 0.25) is 0 Å². The minimum atomic E-state index is -3.48. The number of anilines is 1. The third kappa shape index (κ3) is 3.38. The number of nitro benzene ring substituents is 1. The molecule has 1 heterocycles. The Morgan fingerprint density at radius 1 is 1.45 bits per heavy atom. The van der Waals surface area contributed by atoms with Gasteiger partial charge in [0, 0.05) is 25.4 Å². The van der Waals surface area contributed by atoms with Gasteiger partial charge in [-0.3, -0.25) is 10.1 Å². The standard InChI is InChI=1S/C14H20N2O5S/c1-4-14(2)10-15(7-8-21-14)12-6-5-11(22(3,19)20)9-13(12)16(17)18/h5-6,9H,4,7-8,10H2,1-3H3. The Balaban J connectivity index is 2.45. The van der Waals surface area contributed by atoms with Crippen LogP contribution in [0.3, 0.4) is 0 Å². The Morgan fingerprint density at radius 3 is 2.68 bits per heavy atom. The van der Waals surface area contributed by atoms with E-state index < -0.39 is 14.8 Å². The topological polar surface area (TPSA) is 89.8 Å². The molecule has 7 nitrogen and oxygen atoms in total. The normalized spacial score (nSPS) is 22.6. The molecule has 1 saturated heterocycles. The quantitative estimate of drug-likeness (QED) is 0.620. The summed E-state index contributed by atoms with van der Waals surface area (Å²) in [5, 5.41) is 11.3. The van der Waals surface area contributed by atoms with Crippen molar-refractivity contribution in [1.29, 1.82) is 0 Å². The van der Waals surface area contributed by atoms with E-state index in [9.17, 15) is 18.5 Å². The largest absolute Gasteiger partial charge is 0.372 e. The maximum absolute atomic E-state index is 11.6. The van der Waals surface area contributed by atoms with Crippen LogP contribution < -0.4 is 4.90 Å². The Bertz CT molecular complexity index is 688. The Hall–Kier alpha value is -1.67. The summed E-state index contributed by atoms with van der Waals surface area (Å²) in [7, 11) is -3.48. The van der Waals surface area contributed by atoms with Gasteiger partial charge in [-0.25, -0.2) is 8.42 Å². The second-order valence-electron chi connectivity index (χ2n) is 5.75. The predicted molar refractivity (Wildman–Crippen MR) is 83.1 cm³/mol. The van der Waals surface area contributed by atoms with Crippen molar-refractivity contribution in [1.82, 2.24) is 0 Å². The number of ether oxygens (including phenoxy) is 1. The van der Waals surface area contributed by atoms with Crippen LogP contribution in [-0.2, 0) is 14.6 Å². The molecule has 0 saturated carbocycles. The van der Waals surface area contributed by atoms with Crippen LogP contribution in [-0.4, -0.2) is 44.9 Å². The van der Waals surface area contributed by atoms with E-state index in [-0.39, 0.29) is 16.2 Å². The first kappa shape index (κ1) is 16.7. The zero-order valence-electron chi connectivity index (χ0n) is 12.9. The van der Waals surface area contributed by atoms with Gasteiger partial charge in [0.15, 0.2) is 9.84 Å². The average molecular weight is 328 g/mol. The number of morpholine rings is 1. The molecule has 0 N–H and O–H groups in total. The highest BCUT2D eigenvalue weighted by molar-refractivity contribution is 7.90. The first-order valence-electron chi connectivity index (χ1n) is 7.04. The van der Waals surface area contributed by atoms with Gasteiger partial charge in [-0.15, -0.1) is 0 Å². The second kappa shape index (κ2) is 5.85. The zero-order valence-corrected chi connectivity index (χ0v) is 13.7. The fourth-order valence-corrected chi connectivity index (χ4v) is 3.14. The Labute approximate surface area is 129 Å². The maximum atomic E-state index is 11.6. The molecular formula is C14H20N2O5S. The van der Waals surface area contributed by atoms with Crippen molar-refractivity contribution in [2.75, 3.05) is 30.9 Å². The van der Waals surface area contributed by atoms with Crippen molar-refractivity contribution >= 4 is 21.2 Å². The van der Waals surface area contributed by atoms with E-state index in [0.29, 0.717) is 25.4 Å². The fraction of sp³-hybridized carbons (Fsp3) is 0.571. The number of nitro groups is 1. The van der Waals surface area contributed by atoms with Crippen LogP contribution in [0.4, 0.5) is 11.4 Å². The first-order valence-corrected chi connectivity index (χ1v) is 8.93. The summed E-state index contributed by atoms with van der Waals surface area (Å²) in [6, 6.07) is 4.05. The molecule has 1 fully saturated rings. The fourth-order valence-electron chi connectivity index (χ4n) is 2.50. The van der Waals surface area contributed by atoms with Gasteiger partial charge >= 0.3 is 0 Å². The molecule has 1 unspecified atom stereocenters. The molecule has 0 radical (unpaired) electrons. The van der Waals surface area contributed by atoms with E-state index in [4.69, 9.17) is 4.74 Å². The molecule has 22 heavy (non-hydrogen) atoms. The molecule has 0 spiro atoms. The van der Waals surface area contributed by atoms with E-state index in [1.54, 1.807) is 0 Å². The number of rotatable bonds is 4. The molecule has 0 amide bonds. The Kier molecular flexibility index (Phi) is 4.44. The van der Waals surface area contributed by atoms with Crippen LogP contribution in [0.25, 0.3) is 0 Å². The lowest BCUT2D eigenvalue weighted by molar-refractivity contribution is -0.384. The smallest absolute Gasteiger partial charge is 0.293 e. The number of benzene rings is 1. The van der Waals surface area contributed by atoms with E-state index in [0.717, 1.165) is 18.7 Å². The van der Waals surface area contributed by atoms with Crippen LogP contribution in [0, 0.1) is 10.1 Å². The third-order valence-electron chi connectivity index (χ3n) is 4.00. The molecule has 1 aliphatic rings. The number of sulfone groups is 1. The summed E-state index contributed by atoms with van der Waals surface area (Å²) < 4.78 is 28.9. The van der Waals surface area contributed by atoms with E-state index in [1.807, 2.05) is 18.7 Å². The number of hydrogen-bond acceptors (Lipinski definition) is 6. The van der Waals surface area contributed by atoms with E-state index >= 15 is 0 Å². The second-order valence-corrected chi connectivity index (χ2v) is 7.77. The molecule has 0 aromatic heterocycles. The minimum absolute atomic E-state index is 0.0468. The van der Waals surface area contributed by atoms with Crippen LogP contribution in [0.1, 0.15) is 20.3 Å². The molecule has 2 rings (SSSR count). The van der Waals surface area contributed by atoms with Crippen molar-refractivity contribution in [3.05, 3.63) is 28.3 Å². The highest BCUT2D eigenvalue weighted by Gasteiger charge is 2.33. The molecule has 1 aliphatic heterocycles. The summed E-state index contributed by atoms with van der Waals surface area (Å²) >= 11 is 0. The highest BCUT2D eigenvalue weighted by Crippen LogP contribution is 2.34. The van der Waals surface area contributed by atoms with Gasteiger partial charge in [-0.05, 0) is 25.5 Å². The van der Waals surface area contributed by atoms with Crippen molar-refractivity contribution < 1.29 is 18.1 Å². The molecule has 0 bridgehead atoms.